The molecule has 3 aliphatic rings. The summed E-state index contributed by atoms with van der Waals surface area (Å²) in [5.41, 5.74) is 4.56. The van der Waals surface area contributed by atoms with Crippen molar-refractivity contribution in [1.29, 1.82) is 0 Å². The van der Waals surface area contributed by atoms with Gasteiger partial charge in [0.1, 0.15) is 0 Å². The van der Waals surface area contributed by atoms with Crippen molar-refractivity contribution in [2.24, 2.45) is 11.8 Å². The molecule has 0 radical (unpaired) electrons. The first-order valence-corrected chi connectivity index (χ1v) is 13.9. The van der Waals surface area contributed by atoms with Crippen molar-refractivity contribution in [2.75, 3.05) is 39.4 Å². The molecule has 1 N–H and O–H groups in total. The van der Waals surface area contributed by atoms with E-state index in [0.717, 1.165) is 77.8 Å². The zero-order valence-corrected chi connectivity index (χ0v) is 22.7. The molecule has 6 heteroatoms. The topological polar surface area (TPSA) is 61.9 Å². The van der Waals surface area contributed by atoms with E-state index in [-0.39, 0.29) is 11.8 Å². The van der Waals surface area contributed by atoms with Gasteiger partial charge in [-0.15, -0.1) is 0 Å². The number of benzene rings is 2. The number of amides is 2. The van der Waals surface area contributed by atoms with Crippen LogP contribution in [0, 0.1) is 25.7 Å². The van der Waals surface area contributed by atoms with E-state index in [4.69, 9.17) is 4.74 Å². The molecule has 0 spiro atoms. The van der Waals surface area contributed by atoms with Crippen molar-refractivity contribution in [2.45, 2.75) is 39.5 Å². The van der Waals surface area contributed by atoms with E-state index in [9.17, 15) is 9.59 Å². The van der Waals surface area contributed by atoms with Gasteiger partial charge in [0.2, 0.25) is 0 Å². The lowest BCUT2D eigenvalue weighted by Gasteiger charge is -2.35. The lowest BCUT2D eigenvalue weighted by molar-refractivity contribution is 0.0683. The highest BCUT2D eigenvalue weighted by Crippen LogP contribution is 2.28. The molecule has 38 heavy (non-hydrogen) atoms. The fraction of sp³-hybridized carbons (Fsp3) is 0.438. The Hall–Kier alpha value is -3.38. The largest absolute Gasteiger partial charge is 0.379 e. The van der Waals surface area contributed by atoms with E-state index in [0.29, 0.717) is 24.6 Å². The van der Waals surface area contributed by atoms with Crippen LogP contribution in [0.2, 0.25) is 0 Å². The maximum absolute atomic E-state index is 12.9. The van der Waals surface area contributed by atoms with Crippen LogP contribution in [-0.4, -0.2) is 61.0 Å². The van der Waals surface area contributed by atoms with Crippen LogP contribution >= 0.6 is 0 Å². The minimum absolute atomic E-state index is 0.0599. The first-order chi connectivity index (χ1) is 18.4. The Kier molecular flexibility index (Phi) is 7.98. The summed E-state index contributed by atoms with van der Waals surface area (Å²) in [5.74, 6) is 1.26. The second kappa shape index (κ2) is 11.6. The number of likely N-dealkylation sites (tertiary alicyclic amines) is 1. The van der Waals surface area contributed by atoms with E-state index >= 15 is 0 Å². The van der Waals surface area contributed by atoms with Crippen LogP contribution in [0.3, 0.4) is 0 Å². The Labute approximate surface area is 225 Å². The molecule has 2 amide bonds. The van der Waals surface area contributed by atoms with Crippen molar-refractivity contribution >= 4 is 24.1 Å². The highest BCUT2D eigenvalue weighted by atomic mass is 16.5. The van der Waals surface area contributed by atoms with E-state index in [1.165, 1.54) is 12.8 Å². The van der Waals surface area contributed by atoms with Gasteiger partial charge in [0.25, 0.3) is 11.8 Å². The number of hydrogen-bond acceptors (Lipinski definition) is 4. The Morgan fingerprint density at radius 3 is 2.45 bits per heavy atom. The second-order valence-corrected chi connectivity index (χ2v) is 11.0. The molecule has 6 nitrogen and oxygen atoms in total. The molecule has 200 valence electrons. The van der Waals surface area contributed by atoms with Crippen LogP contribution in [0.5, 0.6) is 0 Å². The summed E-state index contributed by atoms with van der Waals surface area (Å²) in [5, 5.41) is 5.16. The molecular formula is C32H39N3O3. The Morgan fingerprint density at radius 1 is 1.00 bits per heavy atom. The number of nitrogens with one attached hydrogen (secondary N) is 1. The molecule has 0 unspecified atom stereocenters. The number of fused-ring (bicyclic) bond motifs is 1. The summed E-state index contributed by atoms with van der Waals surface area (Å²) >= 11 is 0. The fourth-order valence-corrected chi connectivity index (χ4v) is 5.31. The number of allylic oxidation sites excluding steroid dienone is 1. The highest BCUT2D eigenvalue weighted by molar-refractivity contribution is 5.96. The molecular weight excluding hydrogens is 474 g/mol. The van der Waals surface area contributed by atoms with Crippen LogP contribution < -0.4 is 15.8 Å². The monoisotopic (exact) mass is 513 g/mol. The van der Waals surface area contributed by atoms with E-state index in [2.05, 4.69) is 29.1 Å². The third-order valence-electron chi connectivity index (χ3n) is 8.01. The third kappa shape index (κ3) is 6.18. The molecule has 1 aliphatic carbocycles. The van der Waals surface area contributed by atoms with Gasteiger partial charge < -0.3 is 19.9 Å². The number of carbonyl (C=O) groups is 2. The molecule has 0 bridgehead atoms. The lowest BCUT2D eigenvalue weighted by atomic mass is 9.94. The maximum atomic E-state index is 12.9. The van der Waals surface area contributed by atoms with Crippen molar-refractivity contribution in [3.05, 3.63) is 81.4 Å². The molecule has 2 aliphatic heterocycles. The average molecular weight is 514 g/mol. The maximum Gasteiger partial charge on any atom is 0.253 e. The first-order valence-electron chi connectivity index (χ1n) is 13.9. The standard InChI is InChI=1S/C32H39N3O3/c1-22-4-8-27(9-5-22)32(37)34-15-12-25(13-16-34)19-35-20-30-24(3)29(11-10-28(30)18-23(35)2)31(36)33-14-17-38-21-26-6-7-26/h4-5,8-11,18,20,25-26H,2,6-7,12-17,19,21H2,1,3H3,(H,33,36). The summed E-state index contributed by atoms with van der Waals surface area (Å²) in [6.45, 7) is 12.6. The van der Waals surface area contributed by atoms with Gasteiger partial charge >= 0.3 is 0 Å². The molecule has 0 aromatic heterocycles. The number of nitrogens with zero attached hydrogens (tertiary/aromatic N) is 2. The van der Waals surface area contributed by atoms with Crippen LogP contribution in [-0.2, 0) is 4.74 Å². The molecule has 0 atom stereocenters. The number of rotatable bonds is 9. The highest BCUT2D eigenvalue weighted by Gasteiger charge is 2.26. The number of piperidine rings is 1. The molecule has 2 aromatic rings. The first kappa shape index (κ1) is 26.2. The SMILES string of the molecule is C=C1C=c2ccc(C(=O)NCCOCC3CC3)c(C)c2=CN1CC1CCN(C(=O)c2ccc(C)cc2)CC1. The van der Waals surface area contributed by atoms with Gasteiger partial charge in [0.15, 0.2) is 0 Å². The Balaban J connectivity index is 1.19. The van der Waals surface area contributed by atoms with Gasteiger partial charge in [-0.05, 0) is 86.4 Å². The van der Waals surface area contributed by atoms with Gasteiger partial charge in [0, 0.05) is 61.0 Å². The number of carbonyl (C=O) groups excluding carboxylic acids is 2. The number of ether oxygens (including phenoxy) is 1. The Morgan fingerprint density at radius 2 is 1.74 bits per heavy atom. The quantitative estimate of drug-likeness (QED) is 0.523. The summed E-state index contributed by atoms with van der Waals surface area (Å²) in [7, 11) is 0. The predicted molar refractivity (Wildman–Crippen MR) is 151 cm³/mol. The molecule has 1 saturated carbocycles. The number of aryl methyl sites for hydroxylation is 1. The number of hydrogen-bond donors (Lipinski definition) is 1. The molecule has 2 aromatic carbocycles. The average Bonchev–Trinajstić information content (AvgIpc) is 3.74. The zero-order chi connectivity index (χ0) is 26.6. The zero-order valence-electron chi connectivity index (χ0n) is 22.7. The van der Waals surface area contributed by atoms with Crippen molar-refractivity contribution in [3.8, 4) is 0 Å². The molecule has 5 rings (SSSR count). The van der Waals surface area contributed by atoms with Crippen LogP contribution in [0.4, 0.5) is 0 Å². The third-order valence-corrected chi connectivity index (χ3v) is 8.01. The summed E-state index contributed by atoms with van der Waals surface area (Å²) in [6.07, 6.45) is 8.71. The van der Waals surface area contributed by atoms with Crippen molar-refractivity contribution in [3.63, 3.8) is 0 Å². The van der Waals surface area contributed by atoms with E-state index in [1.54, 1.807) is 0 Å². The molecule has 2 fully saturated rings. The van der Waals surface area contributed by atoms with Gasteiger partial charge in [-0.1, -0.05) is 30.3 Å². The van der Waals surface area contributed by atoms with Crippen LogP contribution in [0.25, 0.3) is 12.3 Å². The second-order valence-electron chi connectivity index (χ2n) is 11.0. The fourth-order valence-electron chi connectivity index (χ4n) is 5.31. The van der Waals surface area contributed by atoms with Crippen LogP contribution in [0.15, 0.2) is 48.7 Å². The summed E-state index contributed by atoms with van der Waals surface area (Å²) in [6, 6.07) is 11.7. The van der Waals surface area contributed by atoms with Crippen molar-refractivity contribution < 1.29 is 14.3 Å². The van der Waals surface area contributed by atoms with E-state index < -0.39 is 0 Å². The predicted octanol–water partition coefficient (Wildman–Crippen LogP) is 3.36. The van der Waals surface area contributed by atoms with Gasteiger partial charge in [-0.25, -0.2) is 0 Å². The smallest absolute Gasteiger partial charge is 0.253 e. The molecule has 2 heterocycles. The minimum Gasteiger partial charge on any atom is -0.379 e. The normalized spacial score (nSPS) is 17.5. The minimum atomic E-state index is -0.0599. The van der Waals surface area contributed by atoms with Crippen LogP contribution in [0.1, 0.15) is 57.5 Å². The lowest BCUT2D eigenvalue weighted by Crippen LogP contribution is -2.43. The van der Waals surface area contributed by atoms with Gasteiger partial charge in [-0.2, -0.15) is 0 Å². The molecule has 1 saturated heterocycles. The van der Waals surface area contributed by atoms with Gasteiger partial charge in [0.05, 0.1) is 6.61 Å². The van der Waals surface area contributed by atoms with Crippen molar-refractivity contribution in [1.82, 2.24) is 15.1 Å². The summed E-state index contributed by atoms with van der Waals surface area (Å²) < 4.78 is 5.65. The Bertz CT molecular complexity index is 1320. The summed E-state index contributed by atoms with van der Waals surface area (Å²) in [4.78, 5) is 30.0. The van der Waals surface area contributed by atoms with E-state index in [1.807, 2.05) is 55.1 Å². The van der Waals surface area contributed by atoms with Gasteiger partial charge in [-0.3, -0.25) is 9.59 Å².